The molecule has 1 aromatic rings. The quantitative estimate of drug-likeness (QED) is 0.793. The van der Waals surface area contributed by atoms with Crippen LogP contribution in [0.3, 0.4) is 0 Å². The molecule has 1 atom stereocenters. The number of rotatable bonds is 3. The van der Waals surface area contributed by atoms with Crippen molar-refractivity contribution in [1.82, 2.24) is 5.32 Å². The van der Waals surface area contributed by atoms with E-state index in [0.29, 0.717) is 6.04 Å². The summed E-state index contributed by atoms with van der Waals surface area (Å²) in [6.07, 6.45) is 5.60. The van der Waals surface area contributed by atoms with E-state index in [1.807, 2.05) is 0 Å². The second-order valence-electron chi connectivity index (χ2n) is 4.73. The Morgan fingerprint density at radius 1 is 1.27 bits per heavy atom. The van der Waals surface area contributed by atoms with Crippen LogP contribution in [-0.2, 0) is 0 Å². The lowest BCUT2D eigenvalue weighted by molar-refractivity contribution is 0.390. The van der Waals surface area contributed by atoms with Crippen LogP contribution in [0.2, 0.25) is 0 Å². The molecule has 0 spiro atoms. The summed E-state index contributed by atoms with van der Waals surface area (Å²) in [7, 11) is 2.09. The van der Waals surface area contributed by atoms with Crippen LogP contribution in [0.25, 0.3) is 0 Å². The van der Waals surface area contributed by atoms with Gasteiger partial charge >= 0.3 is 0 Å². The lowest BCUT2D eigenvalue weighted by Gasteiger charge is -2.23. The summed E-state index contributed by atoms with van der Waals surface area (Å²) in [4.78, 5) is 0. The summed E-state index contributed by atoms with van der Waals surface area (Å²) in [5.41, 5.74) is 2.83. The van der Waals surface area contributed by atoms with E-state index in [2.05, 4.69) is 43.6 Å². The summed E-state index contributed by atoms with van der Waals surface area (Å²) in [6, 6.07) is 9.48. The topological polar surface area (TPSA) is 12.0 Å². The summed E-state index contributed by atoms with van der Waals surface area (Å²) in [5.74, 6) is 0.844. The molecule has 0 heterocycles. The van der Waals surface area contributed by atoms with Crippen molar-refractivity contribution in [2.45, 2.75) is 38.6 Å². The first-order valence-corrected chi connectivity index (χ1v) is 6.05. The van der Waals surface area contributed by atoms with Crippen molar-refractivity contribution in [3.05, 3.63) is 35.4 Å². The average Bonchev–Trinajstić information content (AvgIpc) is 2.72. The first kappa shape index (κ1) is 10.7. The normalized spacial score (nSPS) is 19.3. The highest BCUT2D eigenvalue weighted by Crippen LogP contribution is 2.35. The Balaban J connectivity index is 2.18. The first-order chi connectivity index (χ1) is 7.31. The highest BCUT2D eigenvalue weighted by molar-refractivity contribution is 5.25. The second-order valence-corrected chi connectivity index (χ2v) is 4.73. The van der Waals surface area contributed by atoms with E-state index in [4.69, 9.17) is 0 Å². The molecule has 1 nitrogen and oxygen atoms in total. The Bertz CT molecular complexity index is 313. The predicted octanol–water partition coefficient (Wildman–Crippen LogP) is 3.45. The van der Waals surface area contributed by atoms with Gasteiger partial charge in [-0.3, -0.25) is 0 Å². The van der Waals surface area contributed by atoms with Crippen molar-refractivity contribution < 1.29 is 0 Å². The SMILES string of the molecule is CNC(c1cccc(C)c1)C1CCCC1. The summed E-state index contributed by atoms with van der Waals surface area (Å²) in [5, 5.41) is 3.49. The van der Waals surface area contributed by atoms with Gasteiger partial charge in [-0.2, -0.15) is 0 Å². The van der Waals surface area contributed by atoms with Gasteiger partial charge in [-0.1, -0.05) is 42.7 Å². The minimum Gasteiger partial charge on any atom is -0.313 e. The molecule has 1 N–H and O–H groups in total. The van der Waals surface area contributed by atoms with Gasteiger partial charge in [0.05, 0.1) is 0 Å². The van der Waals surface area contributed by atoms with Crippen molar-refractivity contribution in [1.29, 1.82) is 0 Å². The molecule has 1 saturated carbocycles. The van der Waals surface area contributed by atoms with Crippen molar-refractivity contribution in [3.8, 4) is 0 Å². The van der Waals surface area contributed by atoms with Crippen LogP contribution in [-0.4, -0.2) is 7.05 Å². The van der Waals surface area contributed by atoms with E-state index >= 15 is 0 Å². The van der Waals surface area contributed by atoms with Gasteiger partial charge in [0.25, 0.3) is 0 Å². The Hall–Kier alpha value is -0.820. The number of nitrogens with one attached hydrogen (secondary N) is 1. The molecule has 15 heavy (non-hydrogen) atoms. The number of hydrogen-bond acceptors (Lipinski definition) is 1. The number of benzene rings is 1. The minimum absolute atomic E-state index is 0.562. The Morgan fingerprint density at radius 2 is 2.00 bits per heavy atom. The lowest BCUT2D eigenvalue weighted by atomic mass is 9.91. The number of aryl methyl sites for hydroxylation is 1. The van der Waals surface area contributed by atoms with Crippen LogP contribution >= 0.6 is 0 Å². The fourth-order valence-corrected chi connectivity index (χ4v) is 2.83. The fourth-order valence-electron chi connectivity index (χ4n) is 2.83. The lowest BCUT2D eigenvalue weighted by Crippen LogP contribution is -2.23. The summed E-state index contributed by atoms with van der Waals surface area (Å²) >= 11 is 0. The van der Waals surface area contributed by atoms with Crippen molar-refractivity contribution in [2.24, 2.45) is 5.92 Å². The van der Waals surface area contributed by atoms with Gasteiger partial charge < -0.3 is 5.32 Å². The van der Waals surface area contributed by atoms with E-state index in [1.165, 1.54) is 36.8 Å². The maximum atomic E-state index is 3.49. The molecule has 1 unspecified atom stereocenters. The Morgan fingerprint density at radius 3 is 2.60 bits per heavy atom. The first-order valence-electron chi connectivity index (χ1n) is 6.05. The van der Waals surface area contributed by atoms with Crippen molar-refractivity contribution >= 4 is 0 Å². The zero-order chi connectivity index (χ0) is 10.7. The molecule has 0 aliphatic heterocycles. The van der Waals surface area contributed by atoms with Gasteiger partial charge in [0.1, 0.15) is 0 Å². The van der Waals surface area contributed by atoms with Crippen LogP contribution < -0.4 is 5.32 Å². The van der Waals surface area contributed by atoms with Crippen LogP contribution in [0, 0.1) is 12.8 Å². The van der Waals surface area contributed by atoms with E-state index in [-0.39, 0.29) is 0 Å². The molecule has 0 radical (unpaired) electrons. The molecule has 0 aromatic heterocycles. The third kappa shape index (κ3) is 2.40. The van der Waals surface area contributed by atoms with Gasteiger partial charge in [-0.05, 0) is 38.3 Å². The minimum atomic E-state index is 0.562. The van der Waals surface area contributed by atoms with Crippen molar-refractivity contribution in [3.63, 3.8) is 0 Å². The maximum absolute atomic E-state index is 3.49. The summed E-state index contributed by atoms with van der Waals surface area (Å²) < 4.78 is 0. The maximum Gasteiger partial charge on any atom is 0.0346 e. The van der Waals surface area contributed by atoms with Crippen LogP contribution in [0.15, 0.2) is 24.3 Å². The van der Waals surface area contributed by atoms with Gasteiger partial charge in [-0.15, -0.1) is 0 Å². The van der Waals surface area contributed by atoms with Crippen LogP contribution in [0.4, 0.5) is 0 Å². The molecule has 0 saturated heterocycles. The van der Waals surface area contributed by atoms with Crippen LogP contribution in [0.1, 0.15) is 42.9 Å². The molecule has 1 heteroatoms. The average molecular weight is 203 g/mol. The third-order valence-corrected chi connectivity index (χ3v) is 3.58. The second kappa shape index (κ2) is 4.80. The van der Waals surface area contributed by atoms with E-state index in [0.717, 1.165) is 5.92 Å². The monoisotopic (exact) mass is 203 g/mol. The molecule has 82 valence electrons. The Kier molecular flexibility index (Phi) is 3.42. The standard InChI is InChI=1S/C14H21N/c1-11-6-5-9-13(10-11)14(15-2)12-7-3-4-8-12/h5-6,9-10,12,14-15H,3-4,7-8H2,1-2H3. The van der Waals surface area contributed by atoms with Gasteiger partial charge in [0.15, 0.2) is 0 Å². The van der Waals surface area contributed by atoms with Crippen LogP contribution in [0.5, 0.6) is 0 Å². The van der Waals surface area contributed by atoms with Crippen molar-refractivity contribution in [2.75, 3.05) is 7.05 Å². The molecule has 0 amide bonds. The van der Waals surface area contributed by atoms with E-state index in [9.17, 15) is 0 Å². The molecule has 1 fully saturated rings. The van der Waals surface area contributed by atoms with Gasteiger partial charge in [-0.25, -0.2) is 0 Å². The Labute approximate surface area is 92.9 Å². The third-order valence-electron chi connectivity index (χ3n) is 3.58. The smallest absolute Gasteiger partial charge is 0.0346 e. The zero-order valence-electron chi connectivity index (χ0n) is 9.79. The molecule has 1 aliphatic carbocycles. The molecule has 0 bridgehead atoms. The largest absolute Gasteiger partial charge is 0.313 e. The number of hydrogen-bond donors (Lipinski definition) is 1. The highest BCUT2D eigenvalue weighted by Gasteiger charge is 2.24. The highest BCUT2D eigenvalue weighted by atomic mass is 14.9. The van der Waals surface area contributed by atoms with E-state index in [1.54, 1.807) is 0 Å². The zero-order valence-corrected chi connectivity index (χ0v) is 9.79. The van der Waals surface area contributed by atoms with Gasteiger partial charge in [0.2, 0.25) is 0 Å². The molecular weight excluding hydrogens is 182 g/mol. The fraction of sp³-hybridized carbons (Fsp3) is 0.571. The van der Waals surface area contributed by atoms with Gasteiger partial charge in [0, 0.05) is 6.04 Å². The molecule has 2 rings (SSSR count). The molecular formula is C14H21N. The summed E-state index contributed by atoms with van der Waals surface area (Å²) in [6.45, 7) is 2.17. The van der Waals surface area contributed by atoms with E-state index < -0.39 is 0 Å². The molecule has 1 aromatic carbocycles. The molecule has 1 aliphatic rings. The predicted molar refractivity (Wildman–Crippen MR) is 64.9 cm³/mol.